The molecule has 0 aromatic heterocycles. The van der Waals surface area contributed by atoms with Gasteiger partial charge >= 0.3 is 0 Å². The molecule has 0 heterocycles. The molecular weight excluding hydrogens is 258 g/mol. The van der Waals surface area contributed by atoms with E-state index in [-0.39, 0.29) is 11.0 Å². The van der Waals surface area contributed by atoms with E-state index < -0.39 is 0 Å². The first-order chi connectivity index (χ1) is 10.0. The molecule has 1 aromatic carbocycles. The van der Waals surface area contributed by atoms with E-state index in [0.717, 1.165) is 30.7 Å². The average Bonchev–Trinajstić information content (AvgIpc) is 2.46. The lowest BCUT2D eigenvalue weighted by Gasteiger charge is -2.31. The molecular formula is C18H19N3. The van der Waals surface area contributed by atoms with Gasteiger partial charge in [0.05, 0.1) is 0 Å². The Morgan fingerprint density at radius 2 is 1.81 bits per heavy atom. The standard InChI is InChI=1S/C18H19N3/c1-18(2)9-15(16(11-19)12-20)8-17(10-18)21-13-14-6-4-3-5-7-14/h3-8,21H,9-10,13H2,1-2H3. The molecule has 0 spiro atoms. The van der Waals surface area contributed by atoms with Gasteiger partial charge in [0.1, 0.15) is 17.7 Å². The lowest BCUT2D eigenvalue weighted by molar-refractivity contribution is 0.341. The van der Waals surface area contributed by atoms with E-state index in [2.05, 4.69) is 31.3 Å². The van der Waals surface area contributed by atoms with Crippen LogP contribution in [-0.4, -0.2) is 0 Å². The van der Waals surface area contributed by atoms with Gasteiger partial charge in [-0.1, -0.05) is 44.2 Å². The topological polar surface area (TPSA) is 59.6 Å². The molecule has 3 nitrogen and oxygen atoms in total. The van der Waals surface area contributed by atoms with Gasteiger partial charge in [0, 0.05) is 12.2 Å². The van der Waals surface area contributed by atoms with Crippen LogP contribution in [0.2, 0.25) is 0 Å². The largest absolute Gasteiger partial charge is 0.384 e. The van der Waals surface area contributed by atoms with Crippen LogP contribution in [0.5, 0.6) is 0 Å². The molecule has 0 amide bonds. The second-order valence-corrected chi connectivity index (χ2v) is 6.15. The van der Waals surface area contributed by atoms with Gasteiger partial charge in [-0.05, 0) is 35.5 Å². The van der Waals surface area contributed by atoms with Gasteiger partial charge in [0.15, 0.2) is 0 Å². The Balaban J connectivity index is 2.20. The smallest absolute Gasteiger partial charge is 0.132 e. The number of hydrogen-bond donors (Lipinski definition) is 1. The number of hydrogen-bond acceptors (Lipinski definition) is 3. The van der Waals surface area contributed by atoms with Crippen LogP contribution in [0.3, 0.4) is 0 Å². The highest BCUT2D eigenvalue weighted by Gasteiger charge is 2.27. The average molecular weight is 277 g/mol. The highest BCUT2D eigenvalue weighted by molar-refractivity contribution is 5.47. The van der Waals surface area contributed by atoms with Crippen LogP contribution in [-0.2, 0) is 6.54 Å². The summed E-state index contributed by atoms with van der Waals surface area (Å²) in [5.41, 5.74) is 3.43. The number of rotatable bonds is 3. The van der Waals surface area contributed by atoms with Crippen molar-refractivity contribution >= 4 is 0 Å². The zero-order chi connectivity index (χ0) is 15.3. The molecule has 0 aliphatic heterocycles. The quantitative estimate of drug-likeness (QED) is 0.854. The number of nitrogens with one attached hydrogen (secondary N) is 1. The Morgan fingerprint density at radius 1 is 1.14 bits per heavy atom. The zero-order valence-electron chi connectivity index (χ0n) is 12.5. The van der Waals surface area contributed by atoms with E-state index in [0.29, 0.717) is 0 Å². The Hall–Kier alpha value is -2.52. The summed E-state index contributed by atoms with van der Waals surface area (Å²) in [6, 6.07) is 14.2. The summed E-state index contributed by atoms with van der Waals surface area (Å²) < 4.78 is 0. The second kappa shape index (κ2) is 6.29. The molecule has 21 heavy (non-hydrogen) atoms. The van der Waals surface area contributed by atoms with Crippen molar-refractivity contribution in [2.45, 2.75) is 33.2 Å². The molecule has 1 N–H and O–H groups in total. The van der Waals surface area contributed by atoms with Crippen molar-refractivity contribution < 1.29 is 0 Å². The third-order valence-corrected chi connectivity index (χ3v) is 3.59. The van der Waals surface area contributed by atoms with Crippen molar-refractivity contribution in [2.75, 3.05) is 0 Å². The Bertz CT molecular complexity index is 636. The predicted molar refractivity (Wildman–Crippen MR) is 82.6 cm³/mol. The minimum Gasteiger partial charge on any atom is -0.384 e. The van der Waals surface area contributed by atoms with E-state index in [1.165, 1.54) is 5.56 Å². The summed E-state index contributed by atoms with van der Waals surface area (Å²) >= 11 is 0. The second-order valence-electron chi connectivity index (χ2n) is 6.15. The van der Waals surface area contributed by atoms with E-state index in [1.54, 1.807) is 0 Å². The Morgan fingerprint density at radius 3 is 2.43 bits per heavy atom. The minimum absolute atomic E-state index is 0.0576. The molecule has 2 rings (SSSR count). The maximum absolute atomic E-state index is 9.06. The normalized spacial score (nSPS) is 16.4. The molecule has 1 aromatic rings. The first-order valence-corrected chi connectivity index (χ1v) is 7.06. The maximum Gasteiger partial charge on any atom is 0.132 e. The summed E-state index contributed by atoms with van der Waals surface area (Å²) in [5.74, 6) is 0. The monoisotopic (exact) mass is 277 g/mol. The molecule has 106 valence electrons. The molecule has 1 aliphatic rings. The van der Waals surface area contributed by atoms with Crippen LogP contribution in [0.25, 0.3) is 0 Å². The first-order valence-electron chi connectivity index (χ1n) is 7.06. The third kappa shape index (κ3) is 3.97. The van der Waals surface area contributed by atoms with Crippen molar-refractivity contribution in [3.05, 3.63) is 58.8 Å². The van der Waals surface area contributed by atoms with E-state index in [1.807, 2.05) is 36.4 Å². The summed E-state index contributed by atoms with van der Waals surface area (Å²) in [6.45, 7) is 5.08. The summed E-state index contributed by atoms with van der Waals surface area (Å²) in [5, 5.41) is 21.6. The summed E-state index contributed by atoms with van der Waals surface area (Å²) in [4.78, 5) is 0. The summed E-state index contributed by atoms with van der Waals surface area (Å²) in [7, 11) is 0. The van der Waals surface area contributed by atoms with Gasteiger partial charge in [-0.2, -0.15) is 10.5 Å². The van der Waals surface area contributed by atoms with E-state index >= 15 is 0 Å². The lowest BCUT2D eigenvalue weighted by Crippen LogP contribution is -2.25. The summed E-state index contributed by atoms with van der Waals surface area (Å²) in [6.07, 6.45) is 3.66. The first kappa shape index (κ1) is 14.9. The van der Waals surface area contributed by atoms with Crippen LogP contribution in [0.1, 0.15) is 32.3 Å². The fourth-order valence-electron chi connectivity index (χ4n) is 2.66. The molecule has 0 saturated heterocycles. The molecule has 1 aliphatic carbocycles. The number of allylic oxidation sites excluding steroid dienone is 4. The van der Waals surface area contributed by atoms with Crippen molar-refractivity contribution in [2.24, 2.45) is 5.41 Å². The Labute approximate surface area is 126 Å². The number of benzene rings is 1. The van der Waals surface area contributed by atoms with Crippen molar-refractivity contribution in [3.63, 3.8) is 0 Å². The van der Waals surface area contributed by atoms with Crippen LogP contribution < -0.4 is 5.32 Å². The van der Waals surface area contributed by atoms with E-state index in [9.17, 15) is 0 Å². The maximum atomic E-state index is 9.06. The minimum atomic E-state index is 0.0576. The SMILES string of the molecule is CC1(C)CC(NCc2ccccc2)=CC(=C(C#N)C#N)C1. The fourth-order valence-corrected chi connectivity index (χ4v) is 2.66. The van der Waals surface area contributed by atoms with Gasteiger partial charge in [-0.15, -0.1) is 0 Å². The van der Waals surface area contributed by atoms with Crippen molar-refractivity contribution in [1.82, 2.24) is 5.32 Å². The third-order valence-electron chi connectivity index (χ3n) is 3.59. The van der Waals surface area contributed by atoms with Gasteiger partial charge in [0.2, 0.25) is 0 Å². The number of nitrogens with zero attached hydrogens (tertiary/aromatic N) is 2. The molecule has 0 unspecified atom stereocenters. The molecule has 0 saturated carbocycles. The van der Waals surface area contributed by atoms with Crippen LogP contribution in [0.15, 0.2) is 53.3 Å². The highest BCUT2D eigenvalue weighted by atomic mass is 14.9. The fraction of sp³-hybridized carbons (Fsp3) is 0.333. The van der Waals surface area contributed by atoms with Gasteiger partial charge in [0.25, 0.3) is 0 Å². The molecule has 0 bridgehead atoms. The lowest BCUT2D eigenvalue weighted by atomic mass is 9.76. The van der Waals surface area contributed by atoms with Crippen LogP contribution in [0, 0.1) is 28.1 Å². The predicted octanol–water partition coefficient (Wildman–Crippen LogP) is 3.82. The molecule has 0 atom stereocenters. The van der Waals surface area contributed by atoms with Gasteiger partial charge in [-0.3, -0.25) is 0 Å². The highest BCUT2D eigenvalue weighted by Crippen LogP contribution is 2.38. The van der Waals surface area contributed by atoms with Crippen LogP contribution >= 0.6 is 0 Å². The molecule has 0 radical (unpaired) electrons. The Kier molecular flexibility index (Phi) is 4.45. The molecule has 3 heteroatoms. The van der Waals surface area contributed by atoms with Crippen molar-refractivity contribution in [3.8, 4) is 12.1 Å². The van der Waals surface area contributed by atoms with Crippen molar-refractivity contribution in [1.29, 1.82) is 10.5 Å². The van der Waals surface area contributed by atoms with Crippen LogP contribution in [0.4, 0.5) is 0 Å². The molecule has 0 fully saturated rings. The van der Waals surface area contributed by atoms with Gasteiger partial charge < -0.3 is 5.32 Å². The number of nitriles is 2. The zero-order valence-corrected chi connectivity index (χ0v) is 12.5. The van der Waals surface area contributed by atoms with E-state index in [4.69, 9.17) is 10.5 Å². The van der Waals surface area contributed by atoms with Gasteiger partial charge in [-0.25, -0.2) is 0 Å².